The number of fused-ring (bicyclic) bond motifs is 3. The van der Waals surface area contributed by atoms with Crippen molar-refractivity contribution in [3.8, 4) is 5.69 Å². The van der Waals surface area contributed by atoms with Gasteiger partial charge in [-0.05, 0) is 36.6 Å². The summed E-state index contributed by atoms with van der Waals surface area (Å²) in [5.41, 5.74) is 3.06. The van der Waals surface area contributed by atoms with Gasteiger partial charge in [-0.2, -0.15) is 5.10 Å². The predicted octanol–water partition coefficient (Wildman–Crippen LogP) is 3.16. The average Bonchev–Trinajstić information content (AvgIpc) is 3.17. The molecule has 4 rings (SSSR count). The lowest BCUT2D eigenvalue weighted by atomic mass is 10.1. The molecule has 28 heavy (non-hydrogen) atoms. The first kappa shape index (κ1) is 17.9. The van der Waals surface area contributed by atoms with Crippen molar-refractivity contribution in [2.75, 3.05) is 7.11 Å². The van der Waals surface area contributed by atoms with Crippen LogP contribution in [-0.2, 0) is 11.2 Å². The summed E-state index contributed by atoms with van der Waals surface area (Å²) >= 11 is 0. The molecular formula is C21H20N4O3. The van der Waals surface area contributed by atoms with Crippen LogP contribution in [0, 0.1) is 0 Å². The highest BCUT2D eigenvalue weighted by molar-refractivity contribution is 5.96. The van der Waals surface area contributed by atoms with Crippen LogP contribution in [0.1, 0.15) is 35.7 Å². The van der Waals surface area contributed by atoms with Crippen LogP contribution in [0.2, 0.25) is 0 Å². The molecule has 0 N–H and O–H groups in total. The maximum Gasteiger partial charge on any atom is 0.343 e. The van der Waals surface area contributed by atoms with Gasteiger partial charge in [0.15, 0.2) is 5.65 Å². The van der Waals surface area contributed by atoms with Gasteiger partial charge in [0.1, 0.15) is 5.56 Å². The smallest absolute Gasteiger partial charge is 0.343 e. The third-order valence-electron chi connectivity index (χ3n) is 4.83. The highest BCUT2D eigenvalue weighted by Crippen LogP contribution is 2.17. The van der Waals surface area contributed by atoms with Gasteiger partial charge in [-0.25, -0.2) is 14.3 Å². The number of aryl methyl sites for hydroxylation is 1. The van der Waals surface area contributed by atoms with Gasteiger partial charge in [0.2, 0.25) is 0 Å². The van der Waals surface area contributed by atoms with Crippen molar-refractivity contribution in [2.24, 2.45) is 0 Å². The predicted molar refractivity (Wildman–Crippen MR) is 106 cm³/mol. The first-order valence-electron chi connectivity index (χ1n) is 9.19. The molecule has 0 saturated carbocycles. The summed E-state index contributed by atoms with van der Waals surface area (Å²) in [7, 11) is 1.30. The van der Waals surface area contributed by atoms with E-state index in [1.807, 2.05) is 12.1 Å². The summed E-state index contributed by atoms with van der Waals surface area (Å²) in [5.74, 6) is -0.515. The topological polar surface area (TPSA) is 78.5 Å². The SMILES string of the molecule is CCCCc1ccc(-n2ccc3c(cnc4c(C(=O)OC)cnn43)c2=O)cc1. The molecule has 1 aromatic carbocycles. The Bertz CT molecular complexity index is 1220. The van der Waals surface area contributed by atoms with Crippen molar-refractivity contribution < 1.29 is 9.53 Å². The second kappa shape index (κ2) is 7.26. The maximum absolute atomic E-state index is 13.0. The van der Waals surface area contributed by atoms with E-state index < -0.39 is 5.97 Å². The molecule has 0 saturated heterocycles. The standard InChI is InChI=1S/C21H20N4O3/c1-3-4-5-14-6-8-15(9-7-14)24-11-10-18-16(20(24)26)12-22-19-17(21(27)28-2)13-23-25(18)19/h6-13H,3-5H2,1-2H3. The van der Waals surface area contributed by atoms with E-state index >= 15 is 0 Å². The molecule has 7 nitrogen and oxygen atoms in total. The Hall–Kier alpha value is -3.48. The number of hydrogen-bond acceptors (Lipinski definition) is 5. The molecule has 0 unspecified atom stereocenters. The largest absolute Gasteiger partial charge is 0.465 e. The number of carbonyl (C=O) groups is 1. The van der Waals surface area contributed by atoms with E-state index in [0.717, 1.165) is 24.9 Å². The van der Waals surface area contributed by atoms with Gasteiger partial charge in [0.05, 0.1) is 24.2 Å². The van der Waals surface area contributed by atoms with Crippen LogP contribution >= 0.6 is 0 Å². The van der Waals surface area contributed by atoms with Crippen molar-refractivity contribution in [1.82, 2.24) is 19.2 Å². The van der Waals surface area contributed by atoms with Gasteiger partial charge in [-0.15, -0.1) is 0 Å². The first-order valence-corrected chi connectivity index (χ1v) is 9.19. The number of aromatic nitrogens is 4. The van der Waals surface area contributed by atoms with Crippen LogP contribution in [0.3, 0.4) is 0 Å². The molecule has 3 aromatic heterocycles. The Morgan fingerprint density at radius 3 is 2.64 bits per heavy atom. The highest BCUT2D eigenvalue weighted by Gasteiger charge is 2.17. The summed E-state index contributed by atoms with van der Waals surface area (Å²) in [6.45, 7) is 2.17. The van der Waals surface area contributed by atoms with Gasteiger partial charge in [-0.1, -0.05) is 25.5 Å². The molecule has 0 fully saturated rings. The number of unbranched alkanes of at least 4 members (excludes halogenated alkanes) is 1. The van der Waals surface area contributed by atoms with E-state index in [9.17, 15) is 9.59 Å². The molecule has 0 spiro atoms. The number of methoxy groups -OCH3 is 1. The second-order valence-corrected chi connectivity index (χ2v) is 6.60. The van der Waals surface area contributed by atoms with Crippen LogP contribution in [0.25, 0.3) is 22.2 Å². The Labute approximate surface area is 161 Å². The van der Waals surface area contributed by atoms with Crippen molar-refractivity contribution in [3.63, 3.8) is 0 Å². The molecule has 0 aliphatic carbocycles. The molecule has 7 heteroatoms. The fraction of sp³-hybridized carbons (Fsp3) is 0.238. The molecule has 0 aliphatic heterocycles. The average molecular weight is 376 g/mol. The fourth-order valence-corrected chi connectivity index (χ4v) is 3.28. The lowest BCUT2D eigenvalue weighted by molar-refractivity contribution is 0.0602. The summed E-state index contributed by atoms with van der Waals surface area (Å²) in [5, 5.41) is 4.63. The summed E-state index contributed by atoms with van der Waals surface area (Å²) < 4.78 is 7.83. The number of esters is 1. The van der Waals surface area contributed by atoms with Crippen LogP contribution < -0.4 is 5.56 Å². The summed E-state index contributed by atoms with van der Waals surface area (Å²) in [6, 6.07) is 9.81. The van der Waals surface area contributed by atoms with E-state index in [2.05, 4.69) is 29.1 Å². The molecule has 142 valence electrons. The van der Waals surface area contributed by atoms with E-state index in [4.69, 9.17) is 4.74 Å². The van der Waals surface area contributed by atoms with Crippen LogP contribution in [-0.4, -0.2) is 32.2 Å². The number of pyridine rings is 1. The molecule has 3 heterocycles. The van der Waals surface area contributed by atoms with Gasteiger partial charge < -0.3 is 4.74 Å². The van der Waals surface area contributed by atoms with Crippen LogP contribution in [0.15, 0.2) is 53.7 Å². The van der Waals surface area contributed by atoms with E-state index in [-0.39, 0.29) is 11.1 Å². The number of ether oxygens (including phenoxy) is 1. The number of rotatable bonds is 5. The van der Waals surface area contributed by atoms with Gasteiger partial charge in [0, 0.05) is 18.1 Å². The third kappa shape index (κ3) is 2.94. The third-order valence-corrected chi connectivity index (χ3v) is 4.83. The lowest BCUT2D eigenvalue weighted by Gasteiger charge is -2.09. The van der Waals surface area contributed by atoms with Crippen LogP contribution in [0.4, 0.5) is 0 Å². The van der Waals surface area contributed by atoms with Gasteiger partial charge in [-0.3, -0.25) is 9.36 Å². The monoisotopic (exact) mass is 376 g/mol. The molecular weight excluding hydrogens is 356 g/mol. The quantitative estimate of drug-likeness (QED) is 0.500. The summed E-state index contributed by atoms with van der Waals surface area (Å²) in [6.07, 6.45) is 7.92. The van der Waals surface area contributed by atoms with Crippen molar-refractivity contribution >= 4 is 22.5 Å². The Morgan fingerprint density at radius 2 is 1.93 bits per heavy atom. The van der Waals surface area contributed by atoms with E-state index in [1.54, 1.807) is 16.8 Å². The Morgan fingerprint density at radius 1 is 1.14 bits per heavy atom. The van der Waals surface area contributed by atoms with Crippen molar-refractivity contribution in [2.45, 2.75) is 26.2 Å². The van der Waals surface area contributed by atoms with Gasteiger partial charge >= 0.3 is 5.97 Å². The minimum atomic E-state index is -0.515. The minimum absolute atomic E-state index is 0.191. The molecule has 0 amide bonds. The zero-order valence-electron chi connectivity index (χ0n) is 15.8. The molecule has 0 bridgehead atoms. The zero-order valence-corrected chi connectivity index (χ0v) is 15.8. The molecule has 4 aromatic rings. The lowest BCUT2D eigenvalue weighted by Crippen LogP contribution is -2.19. The Kier molecular flexibility index (Phi) is 4.65. The number of nitrogens with zero attached hydrogens (tertiary/aromatic N) is 4. The number of carbonyl (C=O) groups excluding carboxylic acids is 1. The number of hydrogen-bond donors (Lipinski definition) is 0. The second-order valence-electron chi connectivity index (χ2n) is 6.60. The van der Waals surface area contributed by atoms with Crippen molar-refractivity contribution in [1.29, 1.82) is 0 Å². The van der Waals surface area contributed by atoms with Crippen LogP contribution in [0.5, 0.6) is 0 Å². The van der Waals surface area contributed by atoms with Crippen molar-refractivity contribution in [3.05, 3.63) is 70.4 Å². The molecule has 0 radical (unpaired) electrons. The normalized spacial score (nSPS) is 11.2. The number of benzene rings is 1. The fourth-order valence-electron chi connectivity index (χ4n) is 3.28. The zero-order chi connectivity index (χ0) is 19.7. The van der Waals surface area contributed by atoms with E-state index in [0.29, 0.717) is 16.6 Å². The molecule has 0 aliphatic rings. The minimum Gasteiger partial charge on any atom is -0.465 e. The first-order chi connectivity index (χ1) is 13.6. The highest BCUT2D eigenvalue weighted by atomic mass is 16.5. The van der Waals surface area contributed by atoms with E-state index in [1.165, 1.54) is 29.6 Å². The van der Waals surface area contributed by atoms with Gasteiger partial charge in [0.25, 0.3) is 5.56 Å². The summed E-state index contributed by atoms with van der Waals surface area (Å²) in [4.78, 5) is 29.1. The molecule has 0 atom stereocenters. The Balaban J connectivity index is 1.80. The maximum atomic E-state index is 13.0.